The number of anilines is 1. The lowest BCUT2D eigenvalue weighted by Crippen LogP contribution is -1.90. The summed E-state index contributed by atoms with van der Waals surface area (Å²) in [5.41, 5.74) is 8.20. The van der Waals surface area contributed by atoms with Crippen LogP contribution in [0.4, 0.5) is 5.69 Å². The maximum absolute atomic E-state index is 5.72. The standard InChI is InChI=1S/C8H8N4/c9-7-1-3-10-5-6(7)8-2-4-11-12-8/h1-5H,(H2,9,10)(H,11,12). The van der Waals surface area contributed by atoms with Crippen LogP contribution in [0.2, 0.25) is 0 Å². The molecule has 12 heavy (non-hydrogen) atoms. The molecule has 0 atom stereocenters. The van der Waals surface area contributed by atoms with Gasteiger partial charge in [0.1, 0.15) is 0 Å². The van der Waals surface area contributed by atoms with Crippen molar-refractivity contribution in [2.24, 2.45) is 0 Å². The maximum Gasteiger partial charge on any atom is 0.0686 e. The molecule has 4 heteroatoms. The lowest BCUT2D eigenvalue weighted by molar-refractivity contribution is 1.09. The molecule has 0 saturated heterocycles. The first kappa shape index (κ1) is 6.84. The highest BCUT2D eigenvalue weighted by molar-refractivity contribution is 5.71. The van der Waals surface area contributed by atoms with Crippen LogP contribution in [0.3, 0.4) is 0 Å². The third kappa shape index (κ3) is 1.03. The van der Waals surface area contributed by atoms with E-state index in [9.17, 15) is 0 Å². The maximum atomic E-state index is 5.72. The molecule has 3 N–H and O–H groups in total. The molecule has 2 aromatic heterocycles. The molecule has 0 aliphatic heterocycles. The summed E-state index contributed by atoms with van der Waals surface area (Å²) in [5, 5.41) is 6.66. The summed E-state index contributed by atoms with van der Waals surface area (Å²) >= 11 is 0. The fourth-order valence-electron chi connectivity index (χ4n) is 1.04. The van der Waals surface area contributed by atoms with Crippen LogP contribution < -0.4 is 5.73 Å². The van der Waals surface area contributed by atoms with E-state index < -0.39 is 0 Å². The Kier molecular flexibility index (Phi) is 1.51. The number of nitrogens with two attached hydrogens (primary N) is 1. The molecule has 4 nitrogen and oxygen atoms in total. The van der Waals surface area contributed by atoms with Crippen LogP contribution in [-0.2, 0) is 0 Å². The number of aromatic nitrogens is 3. The van der Waals surface area contributed by atoms with Crippen molar-refractivity contribution in [1.29, 1.82) is 0 Å². The number of nitrogens with one attached hydrogen (secondary N) is 1. The van der Waals surface area contributed by atoms with E-state index in [0.717, 1.165) is 11.3 Å². The van der Waals surface area contributed by atoms with Gasteiger partial charge in [-0.25, -0.2) is 0 Å². The summed E-state index contributed by atoms with van der Waals surface area (Å²) in [6, 6.07) is 3.61. The average molecular weight is 160 g/mol. The number of rotatable bonds is 1. The Hall–Kier alpha value is -1.84. The van der Waals surface area contributed by atoms with Crippen molar-refractivity contribution < 1.29 is 0 Å². The lowest BCUT2D eigenvalue weighted by atomic mass is 10.2. The molecule has 2 rings (SSSR count). The second-order valence-electron chi connectivity index (χ2n) is 2.43. The minimum absolute atomic E-state index is 0.703. The largest absolute Gasteiger partial charge is 0.398 e. The highest BCUT2D eigenvalue weighted by Gasteiger charge is 2.01. The van der Waals surface area contributed by atoms with Gasteiger partial charge in [-0.15, -0.1) is 0 Å². The third-order valence-electron chi connectivity index (χ3n) is 1.65. The lowest BCUT2D eigenvalue weighted by Gasteiger charge is -1.99. The molecule has 60 valence electrons. The van der Waals surface area contributed by atoms with Gasteiger partial charge in [-0.3, -0.25) is 10.1 Å². The second kappa shape index (κ2) is 2.65. The molecule has 0 aliphatic carbocycles. The summed E-state index contributed by atoms with van der Waals surface area (Å²) in [5.74, 6) is 0. The molecule has 2 aromatic rings. The first-order chi connectivity index (χ1) is 5.88. The summed E-state index contributed by atoms with van der Waals surface area (Å²) in [6.07, 6.45) is 5.06. The van der Waals surface area contributed by atoms with Crippen molar-refractivity contribution in [3.63, 3.8) is 0 Å². The molecule has 0 amide bonds. The summed E-state index contributed by atoms with van der Waals surface area (Å²) in [7, 11) is 0. The SMILES string of the molecule is Nc1ccncc1-c1ccn[nH]1. The number of H-pyrrole nitrogens is 1. The Bertz CT molecular complexity index is 366. The topological polar surface area (TPSA) is 67.6 Å². The van der Waals surface area contributed by atoms with Crippen molar-refractivity contribution in [2.45, 2.75) is 0 Å². The van der Waals surface area contributed by atoms with Crippen LogP contribution >= 0.6 is 0 Å². The van der Waals surface area contributed by atoms with Crippen molar-refractivity contribution in [2.75, 3.05) is 5.73 Å². The Balaban J connectivity index is 2.55. The molecule has 0 saturated carbocycles. The normalized spacial score (nSPS) is 10.0. The number of aromatic amines is 1. The van der Waals surface area contributed by atoms with Crippen LogP contribution in [0, 0.1) is 0 Å². The van der Waals surface area contributed by atoms with Gasteiger partial charge in [-0.1, -0.05) is 0 Å². The molecule has 2 heterocycles. The van der Waals surface area contributed by atoms with Crippen LogP contribution in [-0.4, -0.2) is 15.2 Å². The van der Waals surface area contributed by atoms with Crippen molar-refractivity contribution in [1.82, 2.24) is 15.2 Å². The van der Waals surface area contributed by atoms with Crippen LogP contribution in [0.15, 0.2) is 30.7 Å². The van der Waals surface area contributed by atoms with Crippen LogP contribution in [0.5, 0.6) is 0 Å². The van der Waals surface area contributed by atoms with Gasteiger partial charge in [0.15, 0.2) is 0 Å². The number of nitrogen functional groups attached to an aromatic ring is 1. The van der Waals surface area contributed by atoms with E-state index in [4.69, 9.17) is 5.73 Å². The van der Waals surface area contributed by atoms with E-state index in [0.29, 0.717) is 5.69 Å². The predicted molar refractivity (Wildman–Crippen MR) is 46.2 cm³/mol. The first-order valence-corrected chi connectivity index (χ1v) is 3.57. The summed E-state index contributed by atoms with van der Waals surface area (Å²) < 4.78 is 0. The van der Waals surface area contributed by atoms with Gasteiger partial charge in [0.2, 0.25) is 0 Å². The van der Waals surface area contributed by atoms with E-state index in [2.05, 4.69) is 15.2 Å². The first-order valence-electron chi connectivity index (χ1n) is 3.57. The van der Waals surface area contributed by atoms with Crippen molar-refractivity contribution in [3.05, 3.63) is 30.7 Å². The van der Waals surface area contributed by atoms with E-state index >= 15 is 0 Å². The molecular weight excluding hydrogens is 152 g/mol. The van der Waals surface area contributed by atoms with Crippen LogP contribution in [0.25, 0.3) is 11.3 Å². The minimum Gasteiger partial charge on any atom is -0.398 e. The zero-order valence-corrected chi connectivity index (χ0v) is 6.36. The van der Waals surface area contributed by atoms with Gasteiger partial charge in [0, 0.05) is 29.8 Å². The molecule has 0 aromatic carbocycles. The average Bonchev–Trinajstić information content (AvgIpc) is 2.57. The van der Waals surface area contributed by atoms with Gasteiger partial charge in [0.25, 0.3) is 0 Å². The highest BCUT2D eigenvalue weighted by Crippen LogP contribution is 2.21. The zero-order valence-electron chi connectivity index (χ0n) is 6.36. The smallest absolute Gasteiger partial charge is 0.0686 e. The highest BCUT2D eigenvalue weighted by atomic mass is 15.1. The quantitative estimate of drug-likeness (QED) is 0.655. The van der Waals surface area contributed by atoms with E-state index in [1.807, 2.05) is 6.07 Å². The molecule has 0 spiro atoms. The van der Waals surface area contributed by atoms with Crippen molar-refractivity contribution >= 4 is 5.69 Å². The van der Waals surface area contributed by atoms with E-state index in [-0.39, 0.29) is 0 Å². The van der Waals surface area contributed by atoms with Gasteiger partial charge in [-0.2, -0.15) is 5.10 Å². The molecule has 0 aliphatic rings. The third-order valence-corrected chi connectivity index (χ3v) is 1.65. The van der Waals surface area contributed by atoms with Crippen molar-refractivity contribution in [3.8, 4) is 11.3 Å². The zero-order chi connectivity index (χ0) is 8.39. The van der Waals surface area contributed by atoms with Crippen LogP contribution in [0.1, 0.15) is 0 Å². The van der Waals surface area contributed by atoms with E-state index in [1.165, 1.54) is 0 Å². The molecule has 0 radical (unpaired) electrons. The van der Waals surface area contributed by atoms with E-state index in [1.54, 1.807) is 24.7 Å². The Morgan fingerprint density at radius 3 is 2.83 bits per heavy atom. The van der Waals surface area contributed by atoms with Gasteiger partial charge >= 0.3 is 0 Å². The predicted octanol–water partition coefficient (Wildman–Crippen LogP) is 1.05. The molecule has 0 unspecified atom stereocenters. The van der Waals surface area contributed by atoms with Gasteiger partial charge < -0.3 is 5.73 Å². The number of nitrogens with zero attached hydrogens (tertiary/aromatic N) is 2. The Morgan fingerprint density at radius 1 is 1.25 bits per heavy atom. The Labute approximate surface area is 69.4 Å². The Morgan fingerprint density at radius 2 is 2.17 bits per heavy atom. The molecule has 0 fully saturated rings. The second-order valence-corrected chi connectivity index (χ2v) is 2.43. The fraction of sp³-hybridized carbons (Fsp3) is 0. The number of pyridine rings is 1. The number of hydrogen-bond acceptors (Lipinski definition) is 3. The summed E-state index contributed by atoms with van der Waals surface area (Å²) in [4.78, 5) is 3.97. The monoisotopic (exact) mass is 160 g/mol. The molecular formula is C8H8N4. The summed E-state index contributed by atoms with van der Waals surface area (Å²) in [6.45, 7) is 0. The number of hydrogen-bond donors (Lipinski definition) is 2. The van der Waals surface area contributed by atoms with Gasteiger partial charge in [-0.05, 0) is 12.1 Å². The fourth-order valence-corrected chi connectivity index (χ4v) is 1.04. The minimum atomic E-state index is 0.703. The molecule has 0 bridgehead atoms. The van der Waals surface area contributed by atoms with Gasteiger partial charge in [0.05, 0.1) is 5.69 Å².